The summed E-state index contributed by atoms with van der Waals surface area (Å²) in [6.07, 6.45) is -0.819. The summed E-state index contributed by atoms with van der Waals surface area (Å²) in [6.45, 7) is 1.76. The van der Waals surface area contributed by atoms with Gasteiger partial charge in [0.05, 0.1) is 6.61 Å². The highest BCUT2D eigenvalue weighted by molar-refractivity contribution is 5.76. The first-order valence-corrected chi connectivity index (χ1v) is 4.01. The lowest BCUT2D eigenvalue weighted by Crippen LogP contribution is -2.17. The molecule has 1 heterocycles. The van der Waals surface area contributed by atoms with Crippen LogP contribution in [0.5, 0.6) is 0 Å². The van der Waals surface area contributed by atoms with Crippen LogP contribution >= 0.6 is 0 Å². The molecule has 2 N–H and O–H groups in total. The van der Waals surface area contributed by atoms with Gasteiger partial charge in [0, 0.05) is 0 Å². The van der Waals surface area contributed by atoms with E-state index in [9.17, 15) is 4.79 Å². The fourth-order valence-corrected chi connectivity index (χ4v) is 0.992. The van der Waals surface area contributed by atoms with Crippen LogP contribution in [-0.2, 0) is 4.74 Å². The summed E-state index contributed by atoms with van der Waals surface area (Å²) in [6, 6.07) is 3.33. The van der Waals surface area contributed by atoms with Crippen molar-refractivity contribution in [1.29, 1.82) is 10.5 Å². The normalized spacial score (nSPS) is 9.00. The average molecular weight is 205 g/mol. The van der Waals surface area contributed by atoms with Crippen molar-refractivity contribution < 1.29 is 9.53 Å². The van der Waals surface area contributed by atoms with Crippen LogP contribution in [0, 0.1) is 22.7 Å². The number of nitrogen functional groups attached to an aromatic ring is 1. The zero-order valence-electron chi connectivity index (χ0n) is 7.89. The molecule has 0 spiro atoms. The number of nitriles is 2. The number of imidazole rings is 1. The summed E-state index contributed by atoms with van der Waals surface area (Å²) in [4.78, 5) is 14.9. The smallest absolute Gasteiger partial charge is 0.422 e. The van der Waals surface area contributed by atoms with Crippen molar-refractivity contribution in [1.82, 2.24) is 9.55 Å². The Morgan fingerprint density at radius 2 is 2.27 bits per heavy atom. The number of carbonyl (C=O) groups excluding carboxylic acids is 1. The highest BCUT2D eigenvalue weighted by Gasteiger charge is 2.20. The van der Waals surface area contributed by atoms with E-state index in [4.69, 9.17) is 16.3 Å². The van der Waals surface area contributed by atoms with Crippen LogP contribution in [-0.4, -0.2) is 22.3 Å². The topological polar surface area (TPSA) is 118 Å². The number of hydrogen-bond donors (Lipinski definition) is 1. The zero-order chi connectivity index (χ0) is 11.4. The maximum Gasteiger partial charge on any atom is 0.422 e. The average Bonchev–Trinajstić information content (AvgIpc) is 2.54. The molecule has 0 unspecified atom stereocenters. The molecule has 15 heavy (non-hydrogen) atoms. The van der Waals surface area contributed by atoms with E-state index in [0.717, 1.165) is 4.57 Å². The van der Waals surface area contributed by atoms with E-state index in [2.05, 4.69) is 9.72 Å². The molecular weight excluding hydrogens is 198 g/mol. The standard InChI is InChI=1S/C8H7N5O2/c1-2-15-8(14)13-6(4-10)5(3-9)12-7(13)11/h2H2,1H3,(H2,11,12). The first-order valence-electron chi connectivity index (χ1n) is 4.01. The van der Waals surface area contributed by atoms with Crippen LogP contribution in [0.15, 0.2) is 0 Å². The Balaban J connectivity index is 3.30. The summed E-state index contributed by atoms with van der Waals surface area (Å²) < 4.78 is 5.42. The van der Waals surface area contributed by atoms with Crippen LogP contribution < -0.4 is 5.73 Å². The molecule has 1 aromatic heterocycles. The van der Waals surface area contributed by atoms with Crippen molar-refractivity contribution in [2.45, 2.75) is 6.92 Å². The van der Waals surface area contributed by atoms with Gasteiger partial charge in [0.25, 0.3) is 0 Å². The van der Waals surface area contributed by atoms with E-state index in [1.54, 1.807) is 19.1 Å². The molecule has 0 saturated carbocycles. The SMILES string of the molecule is CCOC(=O)n1c(N)nc(C#N)c1C#N. The predicted molar refractivity (Wildman–Crippen MR) is 48.5 cm³/mol. The van der Waals surface area contributed by atoms with Gasteiger partial charge in [0.2, 0.25) is 5.95 Å². The molecule has 0 aromatic carbocycles. The molecule has 0 aliphatic rings. The molecule has 1 aromatic rings. The van der Waals surface area contributed by atoms with Crippen molar-refractivity contribution in [3.8, 4) is 12.1 Å². The van der Waals surface area contributed by atoms with E-state index in [-0.39, 0.29) is 23.9 Å². The second kappa shape index (κ2) is 4.11. The Kier molecular flexibility index (Phi) is 2.89. The van der Waals surface area contributed by atoms with Gasteiger partial charge in [-0.25, -0.2) is 14.3 Å². The molecule has 0 saturated heterocycles. The highest BCUT2D eigenvalue weighted by Crippen LogP contribution is 2.12. The molecule has 0 aliphatic carbocycles. The van der Waals surface area contributed by atoms with Crippen molar-refractivity contribution in [2.24, 2.45) is 0 Å². The van der Waals surface area contributed by atoms with E-state index in [0.29, 0.717) is 0 Å². The van der Waals surface area contributed by atoms with Crippen molar-refractivity contribution >= 4 is 12.0 Å². The minimum absolute atomic E-state index is 0.142. The second-order valence-electron chi connectivity index (χ2n) is 2.43. The maximum absolute atomic E-state index is 11.3. The molecule has 1 rings (SSSR count). The van der Waals surface area contributed by atoms with Crippen LogP contribution in [0.2, 0.25) is 0 Å². The number of ether oxygens (including phenoxy) is 1. The summed E-state index contributed by atoms with van der Waals surface area (Å²) in [5.41, 5.74) is 4.97. The van der Waals surface area contributed by atoms with Gasteiger partial charge in [-0.3, -0.25) is 0 Å². The molecule has 76 valence electrons. The predicted octanol–water partition coefficient (Wildman–Crippen LogP) is 0.213. The van der Waals surface area contributed by atoms with Gasteiger partial charge < -0.3 is 10.5 Å². The summed E-state index contributed by atoms with van der Waals surface area (Å²) in [5, 5.41) is 17.3. The minimum Gasteiger partial charge on any atom is -0.449 e. The summed E-state index contributed by atoms with van der Waals surface area (Å²) in [5.74, 6) is -0.235. The molecular formula is C8H7N5O2. The molecule has 0 aliphatic heterocycles. The number of rotatable bonds is 1. The molecule has 7 heteroatoms. The Hall–Kier alpha value is -2.54. The molecule has 7 nitrogen and oxygen atoms in total. The van der Waals surface area contributed by atoms with Crippen LogP contribution in [0.1, 0.15) is 18.3 Å². The van der Waals surface area contributed by atoms with Crippen LogP contribution in [0.25, 0.3) is 0 Å². The van der Waals surface area contributed by atoms with E-state index < -0.39 is 6.09 Å². The molecule has 0 radical (unpaired) electrons. The maximum atomic E-state index is 11.3. The largest absolute Gasteiger partial charge is 0.449 e. The Labute approximate surface area is 85.3 Å². The monoisotopic (exact) mass is 205 g/mol. The third-order valence-electron chi connectivity index (χ3n) is 1.57. The zero-order valence-corrected chi connectivity index (χ0v) is 7.89. The summed E-state index contributed by atoms with van der Waals surface area (Å²) in [7, 11) is 0. The second-order valence-corrected chi connectivity index (χ2v) is 2.43. The molecule has 0 atom stereocenters. The number of carbonyl (C=O) groups is 1. The van der Waals surface area contributed by atoms with Gasteiger partial charge in [0.15, 0.2) is 11.4 Å². The molecule has 0 fully saturated rings. The van der Waals surface area contributed by atoms with Gasteiger partial charge in [-0.15, -0.1) is 0 Å². The lowest BCUT2D eigenvalue weighted by atomic mass is 10.4. The van der Waals surface area contributed by atoms with Gasteiger partial charge in [0.1, 0.15) is 12.1 Å². The third kappa shape index (κ3) is 1.71. The van der Waals surface area contributed by atoms with Crippen LogP contribution in [0.3, 0.4) is 0 Å². The fourth-order valence-electron chi connectivity index (χ4n) is 0.992. The first-order chi connectivity index (χ1) is 7.15. The van der Waals surface area contributed by atoms with E-state index in [1.807, 2.05) is 0 Å². The van der Waals surface area contributed by atoms with Crippen molar-refractivity contribution in [3.05, 3.63) is 11.4 Å². The highest BCUT2D eigenvalue weighted by atomic mass is 16.5. The number of aromatic nitrogens is 2. The van der Waals surface area contributed by atoms with Gasteiger partial charge in [-0.2, -0.15) is 10.5 Å². The van der Waals surface area contributed by atoms with E-state index in [1.165, 1.54) is 0 Å². The van der Waals surface area contributed by atoms with Gasteiger partial charge >= 0.3 is 6.09 Å². The Bertz CT molecular complexity index is 476. The Morgan fingerprint density at radius 3 is 2.73 bits per heavy atom. The lowest BCUT2D eigenvalue weighted by Gasteiger charge is -2.03. The minimum atomic E-state index is -0.819. The quantitative estimate of drug-likeness (QED) is 0.700. The summed E-state index contributed by atoms with van der Waals surface area (Å²) >= 11 is 0. The number of nitrogens with two attached hydrogens (primary N) is 1. The lowest BCUT2D eigenvalue weighted by molar-refractivity contribution is 0.154. The van der Waals surface area contributed by atoms with Gasteiger partial charge in [-0.1, -0.05) is 0 Å². The number of nitrogens with zero attached hydrogens (tertiary/aromatic N) is 4. The third-order valence-corrected chi connectivity index (χ3v) is 1.57. The van der Waals surface area contributed by atoms with Crippen LogP contribution in [0.4, 0.5) is 10.7 Å². The Morgan fingerprint density at radius 1 is 1.60 bits per heavy atom. The van der Waals surface area contributed by atoms with Gasteiger partial charge in [-0.05, 0) is 6.92 Å². The number of hydrogen-bond acceptors (Lipinski definition) is 6. The molecule has 0 bridgehead atoms. The first kappa shape index (κ1) is 10.5. The number of anilines is 1. The van der Waals surface area contributed by atoms with Crippen molar-refractivity contribution in [2.75, 3.05) is 12.3 Å². The fraction of sp³-hybridized carbons (Fsp3) is 0.250. The van der Waals surface area contributed by atoms with Crippen molar-refractivity contribution in [3.63, 3.8) is 0 Å². The molecule has 0 amide bonds. The van der Waals surface area contributed by atoms with E-state index >= 15 is 0 Å².